The lowest BCUT2D eigenvalue weighted by Gasteiger charge is -2.16. The average Bonchev–Trinajstić information content (AvgIpc) is 3.34. The Morgan fingerprint density at radius 1 is 1.29 bits per heavy atom. The van der Waals surface area contributed by atoms with Gasteiger partial charge in [-0.25, -0.2) is 4.39 Å². The Morgan fingerprint density at radius 2 is 2.14 bits per heavy atom. The smallest absolute Gasteiger partial charge is 0.236 e. The molecule has 7 heteroatoms. The van der Waals surface area contributed by atoms with Crippen molar-refractivity contribution in [3.63, 3.8) is 0 Å². The number of amides is 1. The van der Waals surface area contributed by atoms with Crippen LogP contribution in [0.2, 0.25) is 0 Å². The van der Waals surface area contributed by atoms with Crippen LogP contribution in [0.15, 0.2) is 47.0 Å². The Hall–Kier alpha value is -2.67. The van der Waals surface area contributed by atoms with Gasteiger partial charge in [-0.05, 0) is 36.6 Å². The normalized spacial score (nSPS) is 13.0. The van der Waals surface area contributed by atoms with Gasteiger partial charge in [-0.2, -0.15) is 16.7 Å². The number of aryl methyl sites for hydroxylation is 1. The summed E-state index contributed by atoms with van der Waals surface area (Å²) in [6.07, 6.45) is 1.38. The maximum absolute atomic E-state index is 13.7. The van der Waals surface area contributed by atoms with E-state index in [0.29, 0.717) is 40.8 Å². The molecule has 0 spiro atoms. The van der Waals surface area contributed by atoms with Crippen LogP contribution in [-0.4, -0.2) is 28.3 Å². The number of carbonyl (C=O) groups excluding carboxylic acids is 1. The molecule has 0 radical (unpaired) electrons. The molecule has 0 saturated heterocycles. The number of fused-ring (bicyclic) bond motifs is 1. The number of thioether (sulfide) groups is 1. The zero-order valence-corrected chi connectivity index (χ0v) is 16.3. The Balaban J connectivity index is 1.28. The Kier molecular flexibility index (Phi) is 5.43. The largest absolute Gasteiger partial charge is 0.338 e. The summed E-state index contributed by atoms with van der Waals surface area (Å²) in [6, 6.07) is 12.9. The maximum atomic E-state index is 13.7. The van der Waals surface area contributed by atoms with Gasteiger partial charge in [0.25, 0.3) is 0 Å². The second-order valence-corrected chi connectivity index (χ2v) is 7.81. The van der Waals surface area contributed by atoms with Crippen molar-refractivity contribution in [1.82, 2.24) is 10.1 Å². The molecule has 1 aliphatic heterocycles. The van der Waals surface area contributed by atoms with E-state index in [1.165, 1.54) is 11.6 Å². The highest BCUT2D eigenvalue weighted by molar-refractivity contribution is 7.98. The first-order valence-electron chi connectivity index (χ1n) is 9.17. The molecule has 2 heterocycles. The fourth-order valence-electron chi connectivity index (χ4n) is 3.21. The van der Waals surface area contributed by atoms with Gasteiger partial charge < -0.3 is 9.42 Å². The van der Waals surface area contributed by atoms with Gasteiger partial charge in [-0.15, -0.1) is 0 Å². The summed E-state index contributed by atoms with van der Waals surface area (Å²) in [6.45, 7) is 2.46. The van der Waals surface area contributed by atoms with Crippen LogP contribution in [0.1, 0.15) is 23.4 Å². The van der Waals surface area contributed by atoms with Gasteiger partial charge in [0, 0.05) is 30.0 Å². The van der Waals surface area contributed by atoms with Crippen molar-refractivity contribution in [2.24, 2.45) is 0 Å². The highest BCUT2D eigenvalue weighted by Gasteiger charge is 2.23. The average molecular weight is 397 g/mol. The number of aromatic nitrogens is 2. The Labute approximate surface area is 166 Å². The van der Waals surface area contributed by atoms with E-state index in [1.54, 1.807) is 30.8 Å². The van der Waals surface area contributed by atoms with Gasteiger partial charge in [-0.3, -0.25) is 4.79 Å². The topological polar surface area (TPSA) is 59.2 Å². The van der Waals surface area contributed by atoms with Crippen molar-refractivity contribution in [3.05, 3.63) is 65.3 Å². The molecule has 1 aromatic heterocycles. The minimum atomic E-state index is -0.291. The number of hydrogen-bond donors (Lipinski definition) is 0. The molecule has 0 unspecified atom stereocenters. The van der Waals surface area contributed by atoms with Crippen LogP contribution in [0.5, 0.6) is 0 Å². The standard InChI is InChI=1S/C21H20FN3O2S/c1-14-6-7-16(12-17(14)22)21-23-19(27-24-21)13-28-11-9-20(26)25-10-8-15-4-2-3-5-18(15)25/h2-7,12H,8-11,13H2,1H3. The van der Waals surface area contributed by atoms with Crippen molar-refractivity contribution in [1.29, 1.82) is 0 Å². The second kappa shape index (κ2) is 8.14. The quantitative estimate of drug-likeness (QED) is 0.577. The van der Waals surface area contributed by atoms with Crippen LogP contribution < -0.4 is 4.90 Å². The first-order valence-corrected chi connectivity index (χ1v) is 10.3. The Morgan fingerprint density at radius 3 is 3.00 bits per heavy atom. The number of anilines is 1. The van der Waals surface area contributed by atoms with Crippen LogP contribution >= 0.6 is 11.8 Å². The molecule has 144 valence electrons. The lowest BCUT2D eigenvalue weighted by Crippen LogP contribution is -2.29. The molecular formula is C21H20FN3O2S. The third-order valence-corrected chi connectivity index (χ3v) is 5.72. The van der Waals surface area contributed by atoms with Crippen LogP contribution in [-0.2, 0) is 17.0 Å². The van der Waals surface area contributed by atoms with Gasteiger partial charge in [-0.1, -0.05) is 35.5 Å². The predicted molar refractivity (Wildman–Crippen MR) is 108 cm³/mol. The number of hydrogen-bond acceptors (Lipinski definition) is 5. The number of halogens is 1. The Bertz CT molecular complexity index is 1000. The van der Waals surface area contributed by atoms with E-state index >= 15 is 0 Å². The van der Waals surface area contributed by atoms with E-state index in [4.69, 9.17) is 4.52 Å². The molecule has 1 amide bonds. The van der Waals surface area contributed by atoms with E-state index in [9.17, 15) is 9.18 Å². The second-order valence-electron chi connectivity index (χ2n) is 6.70. The van der Waals surface area contributed by atoms with Crippen molar-refractivity contribution in [3.8, 4) is 11.4 Å². The van der Waals surface area contributed by atoms with Crippen molar-refractivity contribution in [2.75, 3.05) is 17.2 Å². The zero-order valence-electron chi connectivity index (χ0n) is 15.5. The van der Waals surface area contributed by atoms with Gasteiger partial charge in [0.1, 0.15) is 5.82 Å². The van der Waals surface area contributed by atoms with E-state index in [1.807, 2.05) is 23.1 Å². The summed E-state index contributed by atoms with van der Waals surface area (Å²) in [5, 5.41) is 3.92. The fourth-order valence-corrected chi connectivity index (χ4v) is 3.97. The van der Waals surface area contributed by atoms with E-state index < -0.39 is 0 Å². The molecule has 0 saturated carbocycles. The SMILES string of the molecule is Cc1ccc(-c2noc(CSCCC(=O)N3CCc4ccccc43)n2)cc1F. The summed E-state index contributed by atoms with van der Waals surface area (Å²) in [5.74, 6) is 1.89. The van der Waals surface area contributed by atoms with Crippen molar-refractivity contribution >= 4 is 23.4 Å². The molecule has 0 atom stereocenters. The molecular weight excluding hydrogens is 377 g/mol. The molecule has 2 aromatic carbocycles. The number of nitrogens with zero attached hydrogens (tertiary/aromatic N) is 3. The summed E-state index contributed by atoms with van der Waals surface area (Å²) in [5.41, 5.74) is 3.43. The molecule has 5 nitrogen and oxygen atoms in total. The van der Waals surface area contributed by atoms with E-state index in [2.05, 4.69) is 16.2 Å². The van der Waals surface area contributed by atoms with E-state index in [0.717, 1.165) is 18.7 Å². The highest BCUT2D eigenvalue weighted by atomic mass is 32.2. The first-order chi connectivity index (χ1) is 13.6. The number of rotatable bonds is 6. The molecule has 28 heavy (non-hydrogen) atoms. The minimum absolute atomic E-state index is 0.138. The van der Waals surface area contributed by atoms with Crippen LogP contribution in [0, 0.1) is 12.7 Å². The van der Waals surface area contributed by atoms with Crippen molar-refractivity contribution < 1.29 is 13.7 Å². The molecule has 4 rings (SSSR count). The fraction of sp³-hybridized carbons (Fsp3) is 0.286. The summed E-state index contributed by atoms with van der Waals surface area (Å²) in [4.78, 5) is 18.7. The predicted octanol–water partition coefficient (Wildman–Crippen LogP) is 4.40. The summed E-state index contributed by atoms with van der Waals surface area (Å²) >= 11 is 1.57. The van der Waals surface area contributed by atoms with Crippen LogP contribution in [0.3, 0.4) is 0 Å². The monoisotopic (exact) mass is 397 g/mol. The third-order valence-electron chi connectivity index (χ3n) is 4.77. The molecule has 0 N–H and O–H groups in total. The highest BCUT2D eigenvalue weighted by Crippen LogP contribution is 2.28. The van der Waals surface area contributed by atoms with Gasteiger partial charge in [0.2, 0.25) is 17.6 Å². The molecule has 0 fully saturated rings. The van der Waals surface area contributed by atoms with Gasteiger partial charge in [0.05, 0.1) is 5.75 Å². The number of carbonyl (C=O) groups is 1. The summed E-state index contributed by atoms with van der Waals surface area (Å²) in [7, 11) is 0. The lowest BCUT2D eigenvalue weighted by atomic mass is 10.1. The number of benzene rings is 2. The van der Waals surface area contributed by atoms with Crippen LogP contribution in [0.25, 0.3) is 11.4 Å². The molecule has 3 aromatic rings. The maximum Gasteiger partial charge on any atom is 0.236 e. The number of para-hydroxylation sites is 1. The van der Waals surface area contributed by atoms with E-state index in [-0.39, 0.29) is 11.7 Å². The first kappa shape index (κ1) is 18.7. The molecule has 0 bridgehead atoms. The van der Waals surface area contributed by atoms with Gasteiger partial charge in [0.15, 0.2) is 0 Å². The van der Waals surface area contributed by atoms with Gasteiger partial charge >= 0.3 is 0 Å². The minimum Gasteiger partial charge on any atom is -0.338 e. The summed E-state index contributed by atoms with van der Waals surface area (Å²) < 4.78 is 18.9. The van der Waals surface area contributed by atoms with Crippen molar-refractivity contribution in [2.45, 2.75) is 25.5 Å². The lowest BCUT2D eigenvalue weighted by molar-refractivity contribution is -0.118. The third kappa shape index (κ3) is 3.94. The van der Waals surface area contributed by atoms with Crippen LogP contribution in [0.4, 0.5) is 10.1 Å². The molecule has 1 aliphatic rings. The molecule has 0 aliphatic carbocycles. The zero-order chi connectivity index (χ0) is 19.5.